The molecule has 4 amide bonds. The molecule has 180 valence electrons. The summed E-state index contributed by atoms with van der Waals surface area (Å²) in [7, 11) is 0. The molecule has 2 N–H and O–H groups in total. The lowest BCUT2D eigenvalue weighted by Gasteiger charge is -2.26. The van der Waals surface area contributed by atoms with E-state index in [2.05, 4.69) is 5.32 Å². The largest absolute Gasteiger partial charge is 0.475 e. The molecule has 0 bridgehead atoms. The Balaban J connectivity index is 1.55. The standard InChI is InChI=1S/C27H21N3O6/c1-15-7-8-18(11-16(15)2)30-25(32)21(24(31)28-27(30)35)12-17-13-29(22-6-4-3-5-20(17)22)14-19-9-10-23(36-19)26(33)34/h3-13H,14H2,1-2H3,(H,33,34)(H,28,31,35)/b21-12+. The van der Waals surface area contributed by atoms with Crippen molar-refractivity contribution in [3.63, 3.8) is 0 Å². The Labute approximate surface area is 205 Å². The smallest absolute Gasteiger partial charge is 0.371 e. The zero-order valence-corrected chi connectivity index (χ0v) is 19.4. The molecule has 0 atom stereocenters. The van der Waals surface area contributed by atoms with Crippen LogP contribution in [0.4, 0.5) is 10.5 Å². The third kappa shape index (κ3) is 3.96. The molecule has 2 aromatic heterocycles. The van der Waals surface area contributed by atoms with Crippen LogP contribution in [0.2, 0.25) is 0 Å². The number of carboxylic acids is 1. The number of benzene rings is 2. The van der Waals surface area contributed by atoms with E-state index in [0.29, 0.717) is 17.0 Å². The number of carbonyl (C=O) groups excluding carboxylic acids is 3. The Kier molecular flexibility index (Phi) is 5.52. The Bertz CT molecular complexity index is 1610. The predicted octanol–water partition coefficient (Wildman–Crippen LogP) is 4.26. The van der Waals surface area contributed by atoms with Gasteiger partial charge in [0.25, 0.3) is 11.8 Å². The number of aromatic carboxylic acids is 1. The number of hydrogen-bond acceptors (Lipinski definition) is 5. The van der Waals surface area contributed by atoms with Crippen LogP contribution in [0.25, 0.3) is 17.0 Å². The molecule has 9 heteroatoms. The molecule has 5 rings (SSSR count). The van der Waals surface area contributed by atoms with Crippen molar-refractivity contribution in [3.05, 3.63) is 94.6 Å². The first-order valence-electron chi connectivity index (χ1n) is 11.1. The molecule has 1 fully saturated rings. The molecule has 0 aliphatic carbocycles. The number of nitrogens with zero attached hydrogens (tertiary/aromatic N) is 2. The Morgan fingerprint density at radius 3 is 2.53 bits per heavy atom. The number of hydrogen-bond donors (Lipinski definition) is 2. The molecule has 36 heavy (non-hydrogen) atoms. The number of aryl methyl sites for hydroxylation is 2. The van der Waals surface area contributed by atoms with Gasteiger partial charge in [-0.1, -0.05) is 24.3 Å². The molecule has 4 aromatic rings. The number of para-hydroxylation sites is 1. The monoisotopic (exact) mass is 483 g/mol. The van der Waals surface area contributed by atoms with Gasteiger partial charge in [0.1, 0.15) is 11.3 Å². The lowest BCUT2D eigenvalue weighted by Crippen LogP contribution is -2.54. The highest BCUT2D eigenvalue weighted by atomic mass is 16.4. The van der Waals surface area contributed by atoms with Crippen molar-refractivity contribution in [2.24, 2.45) is 0 Å². The van der Waals surface area contributed by atoms with Gasteiger partial charge in [0.15, 0.2) is 0 Å². The van der Waals surface area contributed by atoms with Crippen molar-refractivity contribution in [2.75, 3.05) is 4.90 Å². The van der Waals surface area contributed by atoms with E-state index in [1.165, 1.54) is 12.1 Å². The summed E-state index contributed by atoms with van der Waals surface area (Å²) in [6.07, 6.45) is 3.21. The van der Waals surface area contributed by atoms with Crippen molar-refractivity contribution in [2.45, 2.75) is 20.4 Å². The van der Waals surface area contributed by atoms with Gasteiger partial charge >= 0.3 is 12.0 Å². The Morgan fingerprint density at radius 1 is 1.03 bits per heavy atom. The van der Waals surface area contributed by atoms with Gasteiger partial charge in [-0.05, 0) is 61.4 Å². The number of carboxylic acid groups (broad SMARTS) is 1. The SMILES string of the molecule is Cc1ccc(N2C(=O)NC(=O)/C(=C\c3cn(Cc4ccc(C(=O)O)o4)c4ccccc34)C2=O)cc1C. The van der Waals surface area contributed by atoms with Crippen LogP contribution in [0.15, 0.2) is 70.8 Å². The molecular formula is C27H21N3O6. The van der Waals surface area contributed by atoms with Gasteiger partial charge in [-0.2, -0.15) is 0 Å². The van der Waals surface area contributed by atoms with E-state index in [-0.39, 0.29) is 17.9 Å². The molecule has 1 aliphatic rings. The molecule has 2 aromatic carbocycles. The normalized spacial score (nSPS) is 15.1. The van der Waals surface area contributed by atoms with Gasteiger partial charge in [-0.25, -0.2) is 14.5 Å². The maximum Gasteiger partial charge on any atom is 0.371 e. The van der Waals surface area contributed by atoms with E-state index in [1.807, 2.05) is 48.7 Å². The molecule has 1 aliphatic heterocycles. The van der Waals surface area contributed by atoms with Gasteiger partial charge in [-0.3, -0.25) is 14.9 Å². The fourth-order valence-corrected chi connectivity index (χ4v) is 4.18. The van der Waals surface area contributed by atoms with E-state index < -0.39 is 23.8 Å². The number of amides is 4. The second-order valence-electron chi connectivity index (χ2n) is 8.53. The quantitative estimate of drug-likeness (QED) is 0.323. The molecule has 0 radical (unpaired) electrons. The minimum absolute atomic E-state index is 0.163. The zero-order chi connectivity index (χ0) is 25.6. The first kappa shape index (κ1) is 22.9. The molecule has 3 heterocycles. The van der Waals surface area contributed by atoms with Crippen molar-refractivity contribution < 1.29 is 28.7 Å². The summed E-state index contributed by atoms with van der Waals surface area (Å²) in [5.41, 5.74) is 3.49. The second kappa shape index (κ2) is 8.70. The number of aromatic nitrogens is 1. The minimum atomic E-state index is -1.16. The van der Waals surface area contributed by atoms with E-state index in [0.717, 1.165) is 26.9 Å². The lowest BCUT2D eigenvalue weighted by molar-refractivity contribution is -0.122. The summed E-state index contributed by atoms with van der Waals surface area (Å²) in [4.78, 5) is 50.7. The number of fused-ring (bicyclic) bond motifs is 1. The molecular weight excluding hydrogens is 462 g/mol. The van der Waals surface area contributed by atoms with E-state index in [9.17, 15) is 19.2 Å². The van der Waals surface area contributed by atoms with Crippen molar-refractivity contribution in [1.29, 1.82) is 0 Å². The van der Waals surface area contributed by atoms with Crippen LogP contribution in [0.1, 0.15) is 33.0 Å². The molecule has 0 saturated carbocycles. The summed E-state index contributed by atoms with van der Waals surface area (Å²) in [6.45, 7) is 4.04. The van der Waals surface area contributed by atoms with Gasteiger partial charge in [0, 0.05) is 22.7 Å². The highest BCUT2D eigenvalue weighted by Gasteiger charge is 2.37. The van der Waals surface area contributed by atoms with Crippen LogP contribution < -0.4 is 10.2 Å². The van der Waals surface area contributed by atoms with E-state index >= 15 is 0 Å². The number of anilines is 1. The zero-order valence-electron chi connectivity index (χ0n) is 19.4. The highest BCUT2D eigenvalue weighted by molar-refractivity contribution is 6.39. The maximum atomic E-state index is 13.3. The first-order chi connectivity index (χ1) is 17.2. The summed E-state index contributed by atoms with van der Waals surface area (Å²) in [6, 6.07) is 14.7. The van der Waals surface area contributed by atoms with Gasteiger partial charge in [0.2, 0.25) is 5.76 Å². The fraction of sp³-hybridized carbons (Fsp3) is 0.111. The van der Waals surface area contributed by atoms with E-state index in [4.69, 9.17) is 9.52 Å². The fourth-order valence-electron chi connectivity index (χ4n) is 4.18. The van der Waals surface area contributed by atoms with Crippen LogP contribution >= 0.6 is 0 Å². The average Bonchev–Trinajstić information content (AvgIpc) is 3.44. The molecule has 0 spiro atoms. The summed E-state index contributed by atoms with van der Waals surface area (Å²) in [5, 5.41) is 12.1. The molecule has 1 saturated heterocycles. The van der Waals surface area contributed by atoms with Crippen LogP contribution in [0.3, 0.4) is 0 Å². The number of imide groups is 2. The number of carbonyl (C=O) groups is 4. The van der Waals surface area contributed by atoms with Crippen molar-refractivity contribution >= 4 is 46.5 Å². The second-order valence-corrected chi connectivity index (χ2v) is 8.53. The minimum Gasteiger partial charge on any atom is -0.475 e. The van der Waals surface area contributed by atoms with Crippen LogP contribution in [0.5, 0.6) is 0 Å². The topological polar surface area (TPSA) is 122 Å². The number of nitrogens with one attached hydrogen (secondary N) is 1. The highest BCUT2D eigenvalue weighted by Crippen LogP contribution is 2.28. The predicted molar refractivity (Wildman–Crippen MR) is 132 cm³/mol. The number of furan rings is 1. The third-order valence-electron chi connectivity index (χ3n) is 6.17. The molecule has 9 nitrogen and oxygen atoms in total. The Morgan fingerprint density at radius 2 is 1.81 bits per heavy atom. The third-order valence-corrected chi connectivity index (χ3v) is 6.17. The maximum absolute atomic E-state index is 13.3. The van der Waals surface area contributed by atoms with Gasteiger partial charge in [-0.15, -0.1) is 0 Å². The van der Waals surface area contributed by atoms with Crippen LogP contribution in [-0.2, 0) is 16.1 Å². The molecule has 0 unspecified atom stereocenters. The lowest BCUT2D eigenvalue weighted by atomic mass is 10.0. The van der Waals surface area contributed by atoms with Gasteiger partial charge in [0.05, 0.1) is 12.2 Å². The summed E-state index contributed by atoms with van der Waals surface area (Å²) < 4.78 is 7.22. The number of urea groups is 1. The summed E-state index contributed by atoms with van der Waals surface area (Å²) in [5.74, 6) is -2.39. The van der Waals surface area contributed by atoms with E-state index in [1.54, 1.807) is 24.4 Å². The van der Waals surface area contributed by atoms with Crippen molar-refractivity contribution in [1.82, 2.24) is 9.88 Å². The van der Waals surface area contributed by atoms with Crippen LogP contribution in [-0.4, -0.2) is 33.5 Å². The summed E-state index contributed by atoms with van der Waals surface area (Å²) >= 11 is 0. The van der Waals surface area contributed by atoms with Crippen LogP contribution in [0, 0.1) is 13.8 Å². The average molecular weight is 483 g/mol. The van der Waals surface area contributed by atoms with Gasteiger partial charge < -0.3 is 14.1 Å². The number of rotatable bonds is 5. The van der Waals surface area contributed by atoms with Crippen molar-refractivity contribution in [3.8, 4) is 0 Å². The first-order valence-corrected chi connectivity index (χ1v) is 11.1. The Hall–Kier alpha value is -4.92. The number of barbiturate groups is 1.